The normalized spacial score (nSPS) is 33.3. The lowest BCUT2D eigenvalue weighted by Crippen LogP contribution is -2.68. The molecule has 5 nitrogen and oxygen atoms in total. The van der Waals surface area contributed by atoms with E-state index in [1.165, 1.54) is 51.0 Å². The number of benzene rings is 1. The molecule has 5 atom stereocenters. The molecule has 2 saturated carbocycles. The van der Waals surface area contributed by atoms with Crippen LogP contribution < -0.4 is 0 Å². The standard InChI is InChI=1S/C38H52O5/c1-21-28(35(6,7)19-13-16-26-14-11-10-12-15-26)18-17-27-22(2)37(9)25(5)36(8)20-29(40)31(24(4)39)23(3)38(36,43)34(42)32(37)33(41)30(21)27/h17-18,22,25-26,40-41,43H,3,10-16,19-20H2,1-2,4-9H3/t22-,25+,36+,37-,38+/m1/s1. The number of aliphatic hydroxyl groups excluding tert-OH is 2. The van der Waals surface area contributed by atoms with Crippen molar-refractivity contribution < 1.29 is 24.9 Å². The number of carbonyl (C=O) groups is 2. The van der Waals surface area contributed by atoms with Crippen molar-refractivity contribution in [2.45, 2.75) is 130 Å². The maximum atomic E-state index is 14.7. The van der Waals surface area contributed by atoms with Gasteiger partial charge in [0.05, 0.1) is 5.57 Å². The number of ketones is 2. The molecule has 4 aliphatic rings. The predicted molar refractivity (Wildman–Crippen MR) is 172 cm³/mol. The van der Waals surface area contributed by atoms with Crippen molar-refractivity contribution in [1.29, 1.82) is 0 Å². The molecule has 0 unspecified atom stereocenters. The Kier molecular flexibility index (Phi) is 7.73. The van der Waals surface area contributed by atoms with Crippen molar-refractivity contribution in [2.75, 3.05) is 0 Å². The maximum absolute atomic E-state index is 14.7. The SMILES string of the molecule is C=C1C(C(C)=O)=C(O)C[C@@]2(C)[C@H](C)[C@]3(C)C(=C(O)c4c(ccc(C(C)(C)CCCC5CCCCC5)c4C)[C@H]3C)C(=O)[C@@]12O. The third-order valence-electron chi connectivity index (χ3n) is 12.9. The summed E-state index contributed by atoms with van der Waals surface area (Å²) in [6.07, 6.45) is 10.2. The Morgan fingerprint density at radius 3 is 2.33 bits per heavy atom. The molecule has 2 fully saturated rings. The number of hydrogen-bond donors (Lipinski definition) is 3. The van der Waals surface area contributed by atoms with Crippen LogP contribution in [0.2, 0.25) is 0 Å². The van der Waals surface area contributed by atoms with E-state index in [4.69, 9.17) is 0 Å². The molecule has 0 radical (unpaired) electrons. The second-order valence-corrected chi connectivity index (χ2v) is 15.4. The van der Waals surface area contributed by atoms with E-state index >= 15 is 0 Å². The Balaban J connectivity index is 1.61. The first-order valence-corrected chi connectivity index (χ1v) is 16.4. The fourth-order valence-electron chi connectivity index (χ4n) is 9.83. The lowest BCUT2D eigenvalue weighted by molar-refractivity contribution is -0.168. The van der Waals surface area contributed by atoms with Gasteiger partial charge >= 0.3 is 0 Å². The highest BCUT2D eigenvalue weighted by molar-refractivity contribution is 6.15. The molecule has 0 aliphatic heterocycles. The van der Waals surface area contributed by atoms with Gasteiger partial charge < -0.3 is 15.3 Å². The van der Waals surface area contributed by atoms with Crippen molar-refractivity contribution in [3.8, 4) is 0 Å². The molecule has 3 N–H and O–H groups in total. The summed E-state index contributed by atoms with van der Waals surface area (Å²) in [7, 11) is 0. The highest BCUT2D eigenvalue weighted by atomic mass is 16.3. The maximum Gasteiger partial charge on any atom is 0.199 e. The van der Waals surface area contributed by atoms with Gasteiger partial charge in [-0.2, -0.15) is 0 Å². The average Bonchev–Trinajstić information content (AvgIpc) is 2.93. The van der Waals surface area contributed by atoms with Crippen LogP contribution in [-0.4, -0.2) is 32.5 Å². The summed E-state index contributed by atoms with van der Waals surface area (Å²) in [5, 5.41) is 35.5. The molecule has 0 bridgehead atoms. The van der Waals surface area contributed by atoms with Crippen molar-refractivity contribution in [3.05, 3.63) is 63.4 Å². The summed E-state index contributed by atoms with van der Waals surface area (Å²) in [5.74, 6) is -0.934. The monoisotopic (exact) mass is 588 g/mol. The van der Waals surface area contributed by atoms with Crippen molar-refractivity contribution >= 4 is 17.3 Å². The van der Waals surface area contributed by atoms with Crippen LogP contribution in [0.3, 0.4) is 0 Å². The van der Waals surface area contributed by atoms with Crippen LogP contribution >= 0.6 is 0 Å². The molecule has 43 heavy (non-hydrogen) atoms. The summed E-state index contributed by atoms with van der Waals surface area (Å²) < 4.78 is 0. The summed E-state index contributed by atoms with van der Waals surface area (Å²) in [6, 6.07) is 4.35. The van der Waals surface area contributed by atoms with Gasteiger partial charge in [-0.15, -0.1) is 0 Å². The first kappa shape index (κ1) is 31.8. The topological polar surface area (TPSA) is 94.8 Å². The molecule has 0 aromatic heterocycles. The van der Waals surface area contributed by atoms with E-state index < -0.39 is 28.0 Å². The Morgan fingerprint density at radius 1 is 1.09 bits per heavy atom. The van der Waals surface area contributed by atoms with Gasteiger partial charge in [0.25, 0.3) is 0 Å². The third kappa shape index (κ3) is 4.27. The largest absolute Gasteiger partial charge is 0.512 e. The molecule has 0 amide bonds. The highest BCUT2D eigenvalue weighted by Crippen LogP contribution is 2.69. The lowest BCUT2D eigenvalue weighted by Gasteiger charge is -2.63. The smallest absolute Gasteiger partial charge is 0.199 e. The Labute approximate surface area is 258 Å². The molecular formula is C38H52O5. The molecule has 0 spiro atoms. The number of Topliss-reactive ketones (excluding diaryl/α,β-unsaturated/α-hetero) is 2. The van der Waals surface area contributed by atoms with E-state index in [0.717, 1.165) is 29.9 Å². The van der Waals surface area contributed by atoms with Gasteiger partial charge in [0.15, 0.2) is 17.2 Å². The Morgan fingerprint density at radius 2 is 1.72 bits per heavy atom. The Bertz CT molecular complexity index is 1450. The molecule has 5 heteroatoms. The molecule has 5 rings (SSSR count). The second kappa shape index (κ2) is 10.5. The molecule has 234 valence electrons. The van der Waals surface area contributed by atoms with Gasteiger partial charge in [0, 0.05) is 28.4 Å². The van der Waals surface area contributed by atoms with Crippen LogP contribution in [0.15, 0.2) is 41.2 Å². The molecular weight excluding hydrogens is 536 g/mol. The molecule has 1 aromatic carbocycles. The van der Waals surface area contributed by atoms with Crippen molar-refractivity contribution in [3.63, 3.8) is 0 Å². The fourth-order valence-corrected chi connectivity index (χ4v) is 9.83. The number of hydrogen-bond acceptors (Lipinski definition) is 5. The predicted octanol–water partition coefficient (Wildman–Crippen LogP) is 8.73. The van der Waals surface area contributed by atoms with Crippen molar-refractivity contribution in [1.82, 2.24) is 0 Å². The number of fused-ring (bicyclic) bond motifs is 3. The van der Waals surface area contributed by atoms with Crippen LogP contribution in [0.4, 0.5) is 0 Å². The van der Waals surface area contributed by atoms with Crippen LogP contribution in [0.1, 0.15) is 134 Å². The number of aliphatic hydroxyl groups is 3. The van der Waals surface area contributed by atoms with Crippen LogP contribution in [0.5, 0.6) is 0 Å². The zero-order chi connectivity index (χ0) is 31.9. The highest BCUT2D eigenvalue weighted by Gasteiger charge is 2.71. The summed E-state index contributed by atoms with van der Waals surface area (Å²) in [4.78, 5) is 27.2. The number of rotatable bonds is 6. The van der Waals surface area contributed by atoms with Gasteiger partial charge in [-0.1, -0.05) is 105 Å². The fraction of sp³-hybridized carbons (Fsp3) is 0.632. The summed E-state index contributed by atoms with van der Waals surface area (Å²) >= 11 is 0. The van der Waals surface area contributed by atoms with Crippen LogP contribution in [0.25, 0.3) is 5.76 Å². The summed E-state index contributed by atoms with van der Waals surface area (Å²) in [5.41, 5.74) is -0.320. The zero-order valence-electron chi connectivity index (χ0n) is 27.6. The van der Waals surface area contributed by atoms with Gasteiger partial charge in [-0.3, -0.25) is 9.59 Å². The first-order chi connectivity index (χ1) is 20.0. The van der Waals surface area contributed by atoms with Crippen LogP contribution in [-0.2, 0) is 15.0 Å². The van der Waals surface area contributed by atoms with Gasteiger partial charge in [0.1, 0.15) is 11.5 Å². The van der Waals surface area contributed by atoms with E-state index in [-0.39, 0.29) is 51.9 Å². The quantitative estimate of drug-likeness (QED) is 0.309. The molecule has 4 aliphatic carbocycles. The average molecular weight is 589 g/mol. The molecule has 1 aromatic rings. The zero-order valence-corrected chi connectivity index (χ0v) is 27.6. The number of allylic oxidation sites excluding steroid dienone is 1. The van der Waals surface area contributed by atoms with E-state index in [9.17, 15) is 24.9 Å². The van der Waals surface area contributed by atoms with E-state index in [1.807, 2.05) is 20.8 Å². The molecule has 0 saturated heterocycles. The minimum Gasteiger partial charge on any atom is -0.512 e. The summed E-state index contributed by atoms with van der Waals surface area (Å²) in [6.45, 7) is 19.8. The second-order valence-electron chi connectivity index (χ2n) is 15.4. The third-order valence-corrected chi connectivity index (χ3v) is 12.9. The Hall–Kier alpha value is -2.66. The lowest BCUT2D eigenvalue weighted by atomic mass is 9.40. The van der Waals surface area contributed by atoms with Gasteiger partial charge in [-0.05, 0) is 65.7 Å². The number of carbonyl (C=O) groups excluding carboxylic acids is 2. The van der Waals surface area contributed by atoms with E-state index in [2.05, 4.69) is 39.5 Å². The van der Waals surface area contributed by atoms with E-state index in [1.54, 1.807) is 6.92 Å². The first-order valence-electron chi connectivity index (χ1n) is 16.4. The minimum atomic E-state index is -2.14. The minimum absolute atomic E-state index is 0.0272. The van der Waals surface area contributed by atoms with Gasteiger partial charge in [0.2, 0.25) is 0 Å². The van der Waals surface area contributed by atoms with E-state index in [0.29, 0.717) is 5.56 Å². The molecule has 0 heterocycles. The van der Waals surface area contributed by atoms with Crippen LogP contribution in [0, 0.1) is 29.6 Å². The van der Waals surface area contributed by atoms with Gasteiger partial charge in [-0.25, -0.2) is 0 Å². The van der Waals surface area contributed by atoms with Crippen molar-refractivity contribution in [2.24, 2.45) is 22.7 Å².